The van der Waals surface area contributed by atoms with Gasteiger partial charge in [0.05, 0.1) is 0 Å². The number of hydrogen-bond acceptors (Lipinski definition) is 5. The minimum absolute atomic E-state index is 0.209. The highest BCUT2D eigenvalue weighted by atomic mass is 79.9. The molecule has 8 heteroatoms. The second-order valence-electron chi connectivity index (χ2n) is 2.08. The van der Waals surface area contributed by atoms with Crippen molar-refractivity contribution in [2.75, 3.05) is 0 Å². The predicted octanol–water partition coefficient (Wildman–Crippen LogP) is 1.40. The van der Waals surface area contributed by atoms with Crippen molar-refractivity contribution in [3.05, 3.63) is 30.9 Å². The highest BCUT2D eigenvalue weighted by molar-refractivity contribution is 9.10. The molecule has 1 unspecified atom stereocenters. The molecule has 0 bridgehead atoms. The van der Waals surface area contributed by atoms with Gasteiger partial charge in [-0.25, -0.2) is 8.42 Å². The average Bonchev–Trinajstić information content (AvgIpc) is 2.35. The Kier molecular flexibility index (Phi) is 3.40. The van der Waals surface area contributed by atoms with E-state index < -0.39 is 21.0 Å². The first-order valence-electron chi connectivity index (χ1n) is 3.04. The fourth-order valence-corrected chi connectivity index (χ4v) is 3.40. The van der Waals surface area contributed by atoms with Crippen LogP contribution in [0.4, 0.5) is 0 Å². The predicted molar refractivity (Wildman–Crippen MR) is 52.1 cm³/mol. The highest BCUT2D eigenvalue weighted by Crippen LogP contribution is 2.31. The van der Waals surface area contributed by atoms with E-state index in [-0.39, 0.29) is 4.88 Å². The molecule has 0 fully saturated rings. The van der Waals surface area contributed by atoms with E-state index in [1.165, 1.54) is 0 Å². The molecule has 1 aromatic heterocycles. The van der Waals surface area contributed by atoms with Crippen molar-refractivity contribution < 1.29 is 13.3 Å². The molecule has 1 rings (SSSR count). The molecule has 13 heavy (non-hydrogen) atoms. The Morgan fingerprint density at radius 1 is 1.62 bits per heavy atom. The molecule has 1 heterocycles. The van der Waals surface area contributed by atoms with Gasteiger partial charge in [-0.15, -0.1) is 11.3 Å². The van der Waals surface area contributed by atoms with Crippen molar-refractivity contribution in [1.82, 2.24) is 0 Å². The number of rotatable bonds is 3. The second-order valence-corrected chi connectivity index (χ2v) is 4.94. The summed E-state index contributed by atoms with van der Waals surface area (Å²) >= 11 is 4.08. The van der Waals surface area contributed by atoms with Crippen molar-refractivity contribution in [1.29, 1.82) is 0 Å². The van der Waals surface area contributed by atoms with Crippen LogP contribution in [-0.4, -0.2) is 13.3 Å². The van der Waals surface area contributed by atoms with E-state index in [0.29, 0.717) is 4.47 Å². The Morgan fingerprint density at radius 2 is 2.23 bits per heavy atom. The zero-order chi connectivity index (χ0) is 10.0. The van der Waals surface area contributed by atoms with Crippen LogP contribution in [0.5, 0.6) is 0 Å². The maximum atomic E-state index is 10.6. The Hall–Kier alpha value is -0.470. The summed E-state index contributed by atoms with van der Waals surface area (Å²) in [5.41, 5.74) is 0. The van der Waals surface area contributed by atoms with Gasteiger partial charge in [0.25, 0.3) is 0 Å². The van der Waals surface area contributed by atoms with Gasteiger partial charge in [-0.05, 0) is 27.4 Å². The van der Waals surface area contributed by atoms with Crippen LogP contribution < -0.4 is 0 Å². The number of hydrogen-bond donors (Lipinski definition) is 1. The van der Waals surface area contributed by atoms with E-state index in [0.717, 1.165) is 11.3 Å². The van der Waals surface area contributed by atoms with E-state index in [1.807, 2.05) is 0 Å². The molecule has 1 aromatic rings. The molecule has 1 atom stereocenters. The lowest BCUT2D eigenvalue weighted by Crippen LogP contribution is -2.10. The summed E-state index contributed by atoms with van der Waals surface area (Å²) in [6.07, 6.45) is 0. The van der Waals surface area contributed by atoms with Crippen LogP contribution in [0.1, 0.15) is 10.3 Å². The second kappa shape index (κ2) is 4.16. The van der Waals surface area contributed by atoms with Gasteiger partial charge in [-0.2, -0.15) is 0 Å². The van der Waals surface area contributed by atoms with Crippen molar-refractivity contribution >= 4 is 38.0 Å². The summed E-state index contributed by atoms with van der Waals surface area (Å²) in [4.78, 5) is 9.79. The van der Waals surface area contributed by atoms with Crippen LogP contribution >= 0.6 is 27.3 Å². The SMILES string of the molecule is O=[N+]([O-])C(c1sccc1Br)[SH](=O)=O. The highest BCUT2D eigenvalue weighted by Gasteiger charge is 2.29. The Balaban J connectivity index is 3.17. The smallest absolute Gasteiger partial charge is 0.263 e. The Labute approximate surface area is 87.6 Å². The van der Waals surface area contributed by atoms with Gasteiger partial charge < -0.3 is 0 Å². The third-order valence-corrected chi connectivity index (χ3v) is 4.22. The van der Waals surface area contributed by atoms with Crippen molar-refractivity contribution in [3.63, 3.8) is 0 Å². The van der Waals surface area contributed by atoms with Gasteiger partial charge in [0.2, 0.25) is 10.7 Å². The zero-order valence-corrected chi connectivity index (χ0v) is 9.34. The van der Waals surface area contributed by atoms with E-state index in [2.05, 4.69) is 15.9 Å². The number of thiophene rings is 1. The molecule has 5 nitrogen and oxygen atoms in total. The normalized spacial score (nSPS) is 13.1. The molecule has 0 saturated carbocycles. The van der Waals surface area contributed by atoms with Gasteiger partial charge in [-0.3, -0.25) is 10.1 Å². The molecule has 0 aliphatic carbocycles. The quantitative estimate of drug-likeness (QED) is 0.517. The molecule has 0 spiro atoms. The molecule has 0 saturated heterocycles. The topological polar surface area (TPSA) is 77.3 Å². The first-order valence-corrected chi connectivity index (χ1v) is 5.96. The fraction of sp³-hybridized carbons (Fsp3) is 0.200. The maximum absolute atomic E-state index is 10.6. The molecule has 0 aromatic carbocycles. The van der Waals surface area contributed by atoms with Gasteiger partial charge >= 0.3 is 5.37 Å². The monoisotopic (exact) mass is 285 g/mol. The fourth-order valence-electron chi connectivity index (χ4n) is 0.758. The van der Waals surface area contributed by atoms with Gasteiger partial charge in [0.15, 0.2) is 0 Å². The van der Waals surface area contributed by atoms with Crippen LogP contribution in [0.15, 0.2) is 15.9 Å². The minimum Gasteiger partial charge on any atom is -0.263 e. The summed E-state index contributed by atoms with van der Waals surface area (Å²) in [6, 6.07) is 1.58. The lowest BCUT2D eigenvalue weighted by Gasteiger charge is -1.99. The summed E-state index contributed by atoms with van der Waals surface area (Å²) in [6.45, 7) is 0. The third-order valence-electron chi connectivity index (χ3n) is 1.28. The third kappa shape index (κ3) is 2.26. The number of nitro groups is 1. The maximum Gasteiger partial charge on any atom is 0.342 e. The summed E-state index contributed by atoms with van der Waals surface area (Å²) < 4.78 is 21.6. The molecule has 0 aliphatic rings. The van der Waals surface area contributed by atoms with Gasteiger partial charge in [-0.1, -0.05) is 0 Å². The largest absolute Gasteiger partial charge is 0.342 e. The lowest BCUT2D eigenvalue weighted by atomic mass is 10.5. The molecular weight excluding hydrogens is 282 g/mol. The van der Waals surface area contributed by atoms with Crippen molar-refractivity contribution in [3.8, 4) is 0 Å². The lowest BCUT2D eigenvalue weighted by molar-refractivity contribution is -0.501. The van der Waals surface area contributed by atoms with Crippen molar-refractivity contribution in [2.24, 2.45) is 0 Å². The van der Waals surface area contributed by atoms with Crippen molar-refractivity contribution in [2.45, 2.75) is 5.37 Å². The molecule has 0 amide bonds. The summed E-state index contributed by atoms with van der Waals surface area (Å²) in [5.74, 6) is 0. The number of nitrogens with zero attached hydrogens (tertiary/aromatic N) is 1. The number of halogens is 1. The molecule has 0 aliphatic heterocycles. The number of thiol groups is 1. The zero-order valence-electron chi connectivity index (χ0n) is 6.05. The van der Waals surface area contributed by atoms with E-state index in [9.17, 15) is 18.5 Å². The summed E-state index contributed by atoms with van der Waals surface area (Å²) in [5, 5.41) is 10.4. The first kappa shape index (κ1) is 10.6. The van der Waals surface area contributed by atoms with Gasteiger partial charge in [0.1, 0.15) is 4.88 Å². The minimum atomic E-state index is -3.09. The summed E-state index contributed by atoms with van der Waals surface area (Å²) in [7, 11) is -3.09. The van der Waals surface area contributed by atoms with Crippen LogP contribution in [0.25, 0.3) is 0 Å². The van der Waals surface area contributed by atoms with E-state index >= 15 is 0 Å². The standard InChI is InChI=1S/C5H4BrNO4S2/c6-3-1-2-12-4(3)5(7(8)9)13(10)11/h1-2,5,13H. The molecule has 72 valence electrons. The molecule has 0 radical (unpaired) electrons. The van der Waals surface area contributed by atoms with Crippen LogP contribution in [-0.2, 0) is 10.7 Å². The Bertz CT molecular complexity index is 391. The first-order chi connectivity index (χ1) is 6.04. The molecule has 0 N–H and O–H groups in total. The van der Waals surface area contributed by atoms with Crippen LogP contribution in [0, 0.1) is 10.1 Å². The van der Waals surface area contributed by atoms with E-state index in [1.54, 1.807) is 11.4 Å². The van der Waals surface area contributed by atoms with Crippen LogP contribution in [0.3, 0.4) is 0 Å². The van der Waals surface area contributed by atoms with Gasteiger partial charge in [0, 0.05) is 9.40 Å². The average molecular weight is 286 g/mol. The Morgan fingerprint density at radius 3 is 2.54 bits per heavy atom. The molecular formula is C5H4BrNO4S2. The van der Waals surface area contributed by atoms with E-state index in [4.69, 9.17) is 0 Å². The van der Waals surface area contributed by atoms with Crippen LogP contribution in [0.2, 0.25) is 0 Å².